The first-order valence-corrected chi connectivity index (χ1v) is 8.35. The molecule has 0 fully saturated rings. The summed E-state index contributed by atoms with van der Waals surface area (Å²) in [5.41, 5.74) is 4.79. The van der Waals surface area contributed by atoms with Crippen LogP contribution in [0, 0.1) is 0 Å². The van der Waals surface area contributed by atoms with Crippen molar-refractivity contribution in [3.05, 3.63) is 34.9 Å². The molecule has 0 bridgehead atoms. The maximum Gasteiger partial charge on any atom is 0.160 e. The van der Waals surface area contributed by atoms with Crippen molar-refractivity contribution >= 4 is 0 Å². The van der Waals surface area contributed by atoms with E-state index < -0.39 is 0 Å². The molecule has 0 saturated heterocycles. The molecule has 0 aromatic heterocycles. The van der Waals surface area contributed by atoms with E-state index in [0.717, 1.165) is 17.9 Å². The summed E-state index contributed by atoms with van der Waals surface area (Å²) in [5.74, 6) is 1.64. The van der Waals surface area contributed by atoms with Crippen LogP contribution in [0.25, 0.3) is 0 Å². The molecule has 0 radical (unpaired) electrons. The minimum atomic E-state index is 0.558. The molecule has 120 valence electrons. The maximum atomic E-state index is 5.45. The first-order valence-electron chi connectivity index (χ1n) is 8.35. The molecule has 1 atom stereocenters. The molecular weight excluding hydrogens is 274 g/mol. The molecule has 3 nitrogen and oxygen atoms in total. The average Bonchev–Trinajstić information content (AvgIpc) is 2.57. The third-order valence-electron chi connectivity index (χ3n) is 5.21. The number of methoxy groups -OCH3 is 2. The van der Waals surface area contributed by atoms with Crippen LogP contribution in [0.3, 0.4) is 0 Å². The van der Waals surface area contributed by atoms with E-state index in [4.69, 9.17) is 9.47 Å². The number of rotatable bonds is 4. The van der Waals surface area contributed by atoms with Gasteiger partial charge in [0.15, 0.2) is 11.5 Å². The van der Waals surface area contributed by atoms with Crippen LogP contribution < -0.4 is 9.47 Å². The Morgan fingerprint density at radius 1 is 1.05 bits per heavy atom. The fourth-order valence-corrected chi connectivity index (χ4v) is 3.92. The van der Waals surface area contributed by atoms with E-state index in [1.165, 1.54) is 44.2 Å². The van der Waals surface area contributed by atoms with Crippen LogP contribution in [-0.2, 0) is 6.42 Å². The lowest BCUT2D eigenvalue weighted by atomic mass is 9.80. The molecule has 1 aromatic rings. The molecule has 1 aliphatic heterocycles. The predicted octanol–water partition coefficient (Wildman–Crippen LogP) is 3.82. The van der Waals surface area contributed by atoms with Gasteiger partial charge in [0, 0.05) is 12.6 Å². The third-order valence-corrected chi connectivity index (χ3v) is 5.21. The molecule has 2 aliphatic rings. The van der Waals surface area contributed by atoms with Gasteiger partial charge in [0.1, 0.15) is 0 Å². The van der Waals surface area contributed by atoms with E-state index in [0.29, 0.717) is 6.04 Å². The lowest BCUT2D eigenvalue weighted by Crippen LogP contribution is -2.40. The summed E-state index contributed by atoms with van der Waals surface area (Å²) in [6.45, 7) is 1.19. The van der Waals surface area contributed by atoms with Gasteiger partial charge in [-0.05, 0) is 63.3 Å². The Morgan fingerprint density at radius 2 is 1.82 bits per heavy atom. The zero-order chi connectivity index (χ0) is 15.5. The Morgan fingerprint density at radius 3 is 2.59 bits per heavy atom. The van der Waals surface area contributed by atoms with Gasteiger partial charge >= 0.3 is 0 Å². The molecule has 22 heavy (non-hydrogen) atoms. The zero-order valence-corrected chi connectivity index (χ0v) is 14.0. The number of nitrogens with zero attached hydrogens (tertiary/aromatic N) is 1. The van der Waals surface area contributed by atoms with Gasteiger partial charge in [0.05, 0.1) is 14.2 Å². The molecule has 0 N–H and O–H groups in total. The van der Waals surface area contributed by atoms with Crippen LogP contribution in [0.1, 0.15) is 37.7 Å². The quantitative estimate of drug-likeness (QED) is 0.789. The second kappa shape index (κ2) is 6.74. The van der Waals surface area contributed by atoms with Crippen LogP contribution in [0.4, 0.5) is 0 Å². The number of hydrogen-bond acceptors (Lipinski definition) is 3. The normalized spacial score (nSPS) is 22.4. The summed E-state index contributed by atoms with van der Waals surface area (Å²) in [7, 11) is 5.66. The molecule has 1 heterocycles. The Bertz CT molecular complexity index is 565. The van der Waals surface area contributed by atoms with Gasteiger partial charge in [0.2, 0.25) is 0 Å². The molecule has 1 aliphatic carbocycles. The fourth-order valence-electron chi connectivity index (χ4n) is 3.92. The lowest BCUT2D eigenvalue weighted by Gasteiger charge is -2.39. The van der Waals surface area contributed by atoms with E-state index in [1.54, 1.807) is 25.4 Å². The Hall–Kier alpha value is -1.48. The predicted molar refractivity (Wildman–Crippen MR) is 89.8 cm³/mol. The largest absolute Gasteiger partial charge is 0.493 e. The number of hydrogen-bond donors (Lipinski definition) is 0. The average molecular weight is 301 g/mol. The molecule has 0 spiro atoms. The number of benzene rings is 1. The summed E-state index contributed by atoms with van der Waals surface area (Å²) in [5, 5.41) is 0. The summed E-state index contributed by atoms with van der Waals surface area (Å²) >= 11 is 0. The first kappa shape index (κ1) is 15.4. The summed E-state index contributed by atoms with van der Waals surface area (Å²) < 4.78 is 10.8. The number of likely N-dealkylation sites (N-methyl/N-ethyl adjacent to an activating group) is 1. The van der Waals surface area contributed by atoms with Crippen LogP contribution >= 0.6 is 0 Å². The molecule has 1 unspecified atom stereocenters. The van der Waals surface area contributed by atoms with Crippen molar-refractivity contribution < 1.29 is 9.47 Å². The van der Waals surface area contributed by atoms with Gasteiger partial charge in [-0.2, -0.15) is 0 Å². The topological polar surface area (TPSA) is 21.7 Å². The smallest absolute Gasteiger partial charge is 0.160 e. The second-order valence-corrected chi connectivity index (χ2v) is 6.48. The van der Waals surface area contributed by atoms with Gasteiger partial charge in [-0.3, -0.25) is 4.90 Å². The summed E-state index contributed by atoms with van der Waals surface area (Å²) in [6.07, 6.45) is 7.69. The highest BCUT2D eigenvalue weighted by atomic mass is 16.5. The van der Waals surface area contributed by atoms with E-state index >= 15 is 0 Å². The van der Waals surface area contributed by atoms with E-state index in [-0.39, 0.29) is 0 Å². The fraction of sp³-hybridized carbons (Fsp3) is 0.579. The number of ether oxygens (including phenoxy) is 2. The van der Waals surface area contributed by atoms with Gasteiger partial charge in [-0.15, -0.1) is 0 Å². The van der Waals surface area contributed by atoms with Crippen molar-refractivity contribution in [2.45, 2.75) is 44.6 Å². The van der Waals surface area contributed by atoms with E-state index in [2.05, 4.69) is 24.1 Å². The summed E-state index contributed by atoms with van der Waals surface area (Å²) in [4.78, 5) is 2.53. The highest BCUT2D eigenvalue weighted by Gasteiger charge is 2.28. The van der Waals surface area contributed by atoms with Crippen molar-refractivity contribution in [2.24, 2.45) is 0 Å². The second-order valence-electron chi connectivity index (χ2n) is 6.48. The summed E-state index contributed by atoms with van der Waals surface area (Å²) in [6, 6.07) is 6.88. The van der Waals surface area contributed by atoms with Crippen molar-refractivity contribution in [1.29, 1.82) is 0 Å². The molecule has 0 amide bonds. The molecule has 3 rings (SSSR count). The van der Waals surface area contributed by atoms with Crippen LogP contribution in [0.2, 0.25) is 0 Å². The van der Waals surface area contributed by atoms with Gasteiger partial charge in [0.25, 0.3) is 0 Å². The molecule has 3 heteroatoms. The lowest BCUT2D eigenvalue weighted by molar-refractivity contribution is 0.242. The highest BCUT2D eigenvalue weighted by Crippen LogP contribution is 2.36. The van der Waals surface area contributed by atoms with Crippen molar-refractivity contribution in [3.63, 3.8) is 0 Å². The van der Waals surface area contributed by atoms with Crippen molar-refractivity contribution in [2.75, 3.05) is 27.8 Å². The van der Waals surface area contributed by atoms with Crippen molar-refractivity contribution in [1.82, 2.24) is 4.90 Å². The van der Waals surface area contributed by atoms with Crippen LogP contribution in [0.15, 0.2) is 29.3 Å². The Labute approximate surface area is 133 Å². The van der Waals surface area contributed by atoms with Gasteiger partial charge in [-0.25, -0.2) is 0 Å². The van der Waals surface area contributed by atoms with Crippen LogP contribution in [0.5, 0.6) is 11.5 Å². The van der Waals surface area contributed by atoms with E-state index in [1.807, 2.05) is 6.07 Å². The molecular formula is C19H27NO2. The van der Waals surface area contributed by atoms with Gasteiger partial charge in [-0.1, -0.05) is 17.2 Å². The molecule has 0 saturated carbocycles. The third kappa shape index (κ3) is 3.00. The highest BCUT2D eigenvalue weighted by molar-refractivity contribution is 5.43. The Balaban J connectivity index is 1.84. The van der Waals surface area contributed by atoms with Crippen LogP contribution in [-0.4, -0.2) is 38.8 Å². The first-order chi connectivity index (χ1) is 10.7. The SMILES string of the molecule is COc1ccc(CC2C3=C(CCCC3)CCN2C)cc1OC. The minimum absolute atomic E-state index is 0.558. The monoisotopic (exact) mass is 301 g/mol. The maximum absolute atomic E-state index is 5.45. The Kier molecular flexibility index (Phi) is 4.72. The van der Waals surface area contributed by atoms with Gasteiger partial charge < -0.3 is 9.47 Å². The van der Waals surface area contributed by atoms with Crippen molar-refractivity contribution in [3.8, 4) is 11.5 Å². The minimum Gasteiger partial charge on any atom is -0.493 e. The van der Waals surface area contributed by atoms with E-state index in [9.17, 15) is 0 Å². The standard InChI is InChI=1S/C19H27NO2/c1-20-11-10-15-6-4-5-7-16(15)17(20)12-14-8-9-18(21-2)19(13-14)22-3/h8-9,13,17H,4-7,10-12H2,1-3H3. The zero-order valence-electron chi connectivity index (χ0n) is 14.0. The molecule has 1 aromatic carbocycles.